The number of alkyl halides is 3. The van der Waals surface area contributed by atoms with Crippen LogP contribution in [0.4, 0.5) is 13.2 Å². The number of nitrogens with zero attached hydrogens (tertiary/aromatic N) is 4. The maximum absolute atomic E-state index is 13.4. The predicted octanol–water partition coefficient (Wildman–Crippen LogP) is 4.78. The third kappa shape index (κ3) is 4.13. The van der Waals surface area contributed by atoms with E-state index in [-0.39, 0.29) is 17.0 Å². The van der Waals surface area contributed by atoms with Crippen molar-refractivity contribution in [2.75, 3.05) is 13.2 Å². The van der Waals surface area contributed by atoms with E-state index in [4.69, 9.17) is 4.74 Å². The van der Waals surface area contributed by atoms with E-state index in [1.54, 1.807) is 18.2 Å². The van der Waals surface area contributed by atoms with Crippen molar-refractivity contribution in [3.8, 4) is 11.1 Å². The number of ether oxygens (including phenoxy) is 1. The standard InChI is InChI=1S/C24H23F3N4O2/c1-14-9-18(10-15(2)28-14)17-3-4-19-21(11-17)31-22(30(23(19)32)13-24(25,26)27)12-20(29-31)16-5-7-33-8-6-16/h3-4,9-12,16H,5-8,13H2,1-2H3. The predicted molar refractivity (Wildman–Crippen MR) is 119 cm³/mol. The Morgan fingerprint density at radius 1 is 1.03 bits per heavy atom. The summed E-state index contributed by atoms with van der Waals surface area (Å²) in [6, 6.07) is 10.6. The summed E-state index contributed by atoms with van der Waals surface area (Å²) < 4.78 is 47.8. The highest BCUT2D eigenvalue weighted by Gasteiger charge is 2.31. The van der Waals surface area contributed by atoms with E-state index >= 15 is 0 Å². The molecule has 33 heavy (non-hydrogen) atoms. The van der Waals surface area contributed by atoms with Crippen LogP contribution in [-0.2, 0) is 11.3 Å². The monoisotopic (exact) mass is 456 g/mol. The van der Waals surface area contributed by atoms with Gasteiger partial charge in [-0.3, -0.25) is 14.3 Å². The van der Waals surface area contributed by atoms with Crippen LogP contribution in [0.15, 0.2) is 41.2 Å². The second-order valence-corrected chi connectivity index (χ2v) is 8.60. The van der Waals surface area contributed by atoms with Crippen LogP contribution in [-0.4, -0.2) is 38.6 Å². The van der Waals surface area contributed by atoms with Gasteiger partial charge in [-0.15, -0.1) is 0 Å². The molecule has 0 N–H and O–H groups in total. The second-order valence-electron chi connectivity index (χ2n) is 8.60. The van der Waals surface area contributed by atoms with Crippen LogP contribution in [0.1, 0.15) is 35.8 Å². The molecule has 4 aromatic rings. The second kappa shape index (κ2) is 7.98. The van der Waals surface area contributed by atoms with E-state index in [9.17, 15) is 18.0 Å². The summed E-state index contributed by atoms with van der Waals surface area (Å²) >= 11 is 0. The van der Waals surface area contributed by atoms with Gasteiger partial charge in [-0.05, 0) is 62.1 Å². The fraction of sp³-hybridized carbons (Fsp3) is 0.375. The Kier molecular flexibility index (Phi) is 5.23. The van der Waals surface area contributed by atoms with E-state index in [1.165, 1.54) is 4.52 Å². The van der Waals surface area contributed by atoms with E-state index in [2.05, 4.69) is 10.1 Å². The van der Waals surface area contributed by atoms with Crippen molar-refractivity contribution in [3.63, 3.8) is 0 Å². The Balaban J connectivity index is 1.77. The van der Waals surface area contributed by atoms with Crippen LogP contribution in [0, 0.1) is 13.8 Å². The summed E-state index contributed by atoms with van der Waals surface area (Å²) in [6.07, 6.45) is -3.05. The van der Waals surface area contributed by atoms with Crippen molar-refractivity contribution in [1.82, 2.24) is 19.2 Å². The fourth-order valence-electron chi connectivity index (χ4n) is 4.60. The van der Waals surface area contributed by atoms with Gasteiger partial charge in [-0.2, -0.15) is 18.3 Å². The molecular formula is C24H23F3N4O2. The summed E-state index contributed by atoms with van der Waals surface area (Å²) in [7, 11) is 0. The van der Waals surface area contributed by atoms with Gasteiger partial charge in [0.25, 0.3) is 5.56 Å². The molecule has 1 aliphatic heterocycles. The molecule has 0 amide bonds. The number of rotatable bonds is 3. The molecule has 4 heterocycles. The van der Waals surface area contributed by atoms with Gasteiger partial charge in [0.15, 0.2) is 0 Å². The largest absolute Gasteiger partial charge is 0.406 e. The number of fused-ring (bicyclic) bond motifs is 3. The lowest BCUT2D eigenvalue weighted by Crippen LogP contribution is -2.29. The molecule has 0 spiro atoms. The lowest BCUT2D eigenvalue weighted by atomic mass is 9.97. The normalized spacial score (nSPS) is 15.5. The van der Waals surface area contributed by atoms with Crippen LogP contribution in [0.2, 0.25) is 0 Å². The first-order valence-corrected chi connectivity index (χ1v) is 10.9. The summed E-state index contributed by atoms with van der Waals surface area (Å²) in [4.78, 5) is 17.6. The van der Waals surface area contributed by atoms with Crippen LogP contribution < -0.4 is 5.56 Å². The van der Waals surface area contributed by atoms with Crippen LogP contribution in [0.3, 0.4) is 0 Å². The van der Waals surface area contributed by atoms with Gasteiger partial charge in [0.2, 0.25) is 0 Å². The molecule has 0 bridgehead atoms. The third-order valence-electron chi connectivity index (χ3n) is 6.08. The zero-order chi connectivity index (χ0) is 23.3. The maximum atomic E-state index is 13.4. The average molecular weight is 456 g/mol. The summed E-state index contributed by atoms with van der Waals surface area (Å²) in [5.74, 6) is 0.0804. The lowest BCUT2D eigenvalue weighted by molar-refractivity contribution is -0.140. The number of aromatic nitrogens is 4. The smallest absolute Gasteiger partial charge is 0.381 e. The van der Waals surface area contributed by atoms with Gasteiger partial charge in [0.1, 0.15) is 12.2 Å². The molecule has 6 nitrogen and oxygen atoms in total. The Hall–Kier alpha value is -3.20. The Bertz CT molecular complexity index is 1400. The Morgan fingerprint density at radius 3 is 2.39 bits per heavy atom. The topological polar surface area (TPSA) is 61.4 Å². The van der Waals surface area contributed by atoms with Crippen molar-refractivity contribution in [2.24, 2.45) is 0 Å². The number of hydrogen-bond donors (Lipinski definition) is 0. The number of halogens is 3. The molecule has 9 heteroatoms. The molecule has 1 aromatic carbocycles. The first-order chi connectivity index (χ1) is 15.7. The van der Waals surface area contributed by atoms with Crippen molar-refractivity contribution in [1.29, 1.82) is 0 Å². The summed E-state index contributed by atoms with van der Waals surface area (Å²) in [6.45, 7) is 3.60. The van der Waals surface area contributed by atoms with Gasteiger partial charge in [-0.1, -0.05) is 6.07 Å². The summed E-state index contributed by atoms with van der Waals surface area (Å²) in [5.41, 5.74) is 4.11. The minimum atomic E-state index is -4.53. The van der Waals surface area contributed by atoms with Gasteiger partial charge in [0, 0.05) is 36.6 Å². The van der Waals surface area contributed by atoms with Gasteiger partial charge in [0.05, 0.1) is 16.6 Å². The lowest BCUT2D eigenvalue weighted by Gasteiger charge is -2.19. The van der Waals surface area contributed by atoms with Crippen molar-refractivity contribution < 1.29 is 17.9 Å². The number of aryl methyl sites for hydroxylation is 2. The molecule has 1 fully saturated rings. The number of pyridine rings is 1. The average Bonchev–Trinajstić information content (AvgIpc) is 3.21. The molecule has 1 saturated heterocycles. The number of benzene rings is 1. The molecule has 5 rings (SSSR count). The highest BCUT2D eigenvalue weighted by Crippen LogP contribution is 2.30. The molecule has 0 unspecified atom stereocenters. The highest BCUT2D eigenvalue weighted by molar-refractivity contribution is 5.85. The van der Waals surface area contributed by atoms with E-state index in [0.29, 0.717) is 24.4 Å². The first-order valence-electron chi connectivity index (χ1n) is 10.9. The first kappa shape index (κ1) is 21.6. The molecule has 0 aliphatic carbocycles. The van der Waals surface area contributed by atoms with E-state index in [0.717, 1.165) is 39.9 Å². The van der Waals surface area contributed by atoms with Crippen molar-refractivity contribution in [2.45, 2.75) is 45.3 Å². The molecule has 172 valence electrons. The Labute approximate surface area is 187 Å². The summed E-state index contributed by atoms with van der Waals surface area (Å²) in [5, 5.41) is 4.88. The van der Waals surface area contributed by atoms with E-state index < -0.39 is 18.3 Å². The Morgan fingerprint density at radius 2 is 1.73 bits per heavy atom. The zero-order valence-corrected chi connectivity index (χ0v) is 18.3. The highest BCUT2D eigenvalue weighted by atomic mass is 19.4. The minimum absolute atomic E-state index is 0.0804. The van der Waals surface area contributed by atoms with Gasteiger partial charge >= 0.3 is 6.18 Å². The van der Waals surface area contributed by atoms with E-state index in [1.807, 2.05) is 32.0 Å². The zero-order valence-electron chi connectivity index (χ0n) is 18.3. The quantitative estimate of drug-likeness (QED) is 0.445. The fourth-order valence-corrected chi connectivity index (χ4v) is 4.60. The minimum Gasteiger partial charge on any atom is -0.381 e. The van der Waals surface area contributed by atoms with Gasteiger partial charge < -0.3 is 4.74 Å². The van der Waals surface area contributed by atoms with Crippen molar-refractivity contribution in [3.05, 3.63) is 63.8 Å². The molecule has 1 aliphatic rings. The molecule has 3 aromatic heterocycles. The van der Waals surface area contributed by atoms with Crippen LogP contribution in [0.25, 0.3) is 27.7 Å². The molecular weight excluding hydrogens is 433 g/mol. The molecule has 0 saturated carbocycles. The molecule has 0 radical (unpaired) electrons. The van der Waals surface area contributed by atoms with Gasteiger partial charge in [-0.25, -0.2) is 4.52 Å². The van der Waals surface area contributed by atoms with Crippen LogP contribution >= 0.6 is 0 Å². The van der Waals surface area contributed by atoms with Crippen molar-refractivity contribution >= 4 is 16.6 Å². The molecule has 0 atom stereocenters. The third-order valence-corrected chi connectivity index (χ3v) is 6.08. The maximum Gasteiger partial charge on any atom is 0.406 e. The number of hydrogen-bond acceptors (Lipinski definition) is 4. The van der Waals surface area contributed by atoms with Crippen LogP contribution in [0.5, 0.6) is 0 Å². The SMILES string of the molecule is Cc1cc(-c2ccc3c(=O)n(CC(F)(F)F)c4cc(C5CCOCC5)nn4c3c2)cc(C)n1.